The standard InChI is InChI=1S/C18H12Cl2FN5O2S2/c1-30(27,28)13-6-5-9(7-12(13)21)24-16-15-17(23-8-22-16)29-18(26-15)25-14-10(19)3-2-4-11(14)20/h2-8H,1H3,(H,25,26)(H,22,23,24). The first-order chi connectivity index (χ1) is 14.2. The molecule has 4 rings (SSSR count). The van der Waals surface area contributed by atoms with Crippen LogP contribution in [0.15, 0.2) is 47.6 Å². The van der Waals surface area contributed by atoms with Crippen LogP contribution in [-0.2, 0) is 9.84 Å². The number of para-hydroxylation sites is 1. The van der Waals surface area contributed by atoms with Gasteiger partial charge in [-0.15, -0.1) is 0 Å². The first kappa shape index (κ1) is 20.7. The van der Waals surface area contributed by atoms with E-state index in [1.54, 1.807) is 18.2 Å². The van der Waals surface area contributed by atoms with E-state index in [2.05, 4.69) is 25.6 Å². The molecule has 0 aliphatic heterocycles. The van der Waals surface area contributed by atoms with Crippen molar-refractivity contribution in [2.45, 2.75) is 4.90 Å². The number of halogens is 3. The maximum Gasteiger partial charge on any atom is 0.190 e. The average Bonchev–Trinajstić information content (AvgIpc) is 3.08. The van der Waals surface area contributed by atoms with Gasteiger partial charge in [0.15, 0.2) is 25.6 Å². The summed E-state index contributed by atoms with van der Waals surface area (Å²) in [7, 11) is -3.66. The van der Waals surface area contributed by atoms with Crippen molar-refractivity contribution in [2.24, 2.45) is 0 Å². The Balaban J connectivity index is 1.67. The van der Waals surface area contributed by atoms with Crippen LogP contribution in [0.25, 0.3) is 10.3 Å². The summed E-state index contributed by atoms with van der Waals surface area (Å²) in [4.78, 5) is 13.0. The highest BCUT2D eigenvalue weighted by atomic mass is 35.5. The minimum absolute atomic E-state index is 0.316. The lowest BCUT2D eigenvalue weighted by Gasteiger charge is -2.08. The van der Waals surface area contributed by atoms with Gasteiger partial charge in [-0.05, 0) is 30.3 Å². The van der Waals surface area contributed by atoms with E-state index >= 15 is 0 Å². The number of nitrogens with zero attached hydrogens (tertiary/aromatic N) is 3. The van der Waals surface area contributed by atoms with Gasteiger partial charge in [0.2, 0.25) is 0 Å². The van der Waals surface area contributed by atoms with Crippen LogP contribution < -0.4 is 10.6 Å². The third kappa shape index (κ3) is 4.17. The largest absolute Gasteiger partial charge is 0.338 e. The molecule has 12 heteroatoms. The van der Waals surface area contributed by atoms with Crippen LogP contribution in [0.5, 0.6) is 0 Å². The van der Waals surface area contributed by atoms with Crippen LogP contribution in [0.3, 0.4) is 0 Å². The molecule has 2 aromatic heterocycles. The van der Waals surface area contributed by atoms with Crippen LogP contribution in [-0.4, -0.2) is 29.6 Å². The zero-order chi connectivity index (χ0) is 21.5. The van der Waals surface area contributed by atoms with Crippen molar-refractivity contribution in [1.82, 2.24) is 15.0 Å². The molecular formula is C18H12Cl2FN5O2S2. The Hall–Kier alpha value is -2.53. The number of nitrogens with one attached hydrogen (secondary N) is 2. The zero-order valence-electron chi connectivity index (χ0n) is 15.1. The smallest absolute Gasteiger partial charge is 0.190 e. The van der Waals surface area contributed by atoms with Gasteiger partial charge in [-0.2, -0.15) is 0 Å². The minimum atomic E-state index is -3.66. The van der Waals surface area contributed by atoms with Crippen LogP contribution in [0.1, 0.15) is 0 Å². The van der Waals surface area contributed by atoms with Crippen LogP contribution in [0.4, 0.5) is 26.7 Å². The molecule has 0 radical (unpaired) electrons. The number of anilines is 4. The molecule has 0 spiro atoms. The molecule has 0 aliphatic carbocycles. The molecule has 0 aliphatic rings. The van der Waals surface area contributed by atoms with Crippen molar-refractivity contribution in [3.63, 3.8) is 0 Å². The van der Waals surface area contributed by atoms with Gasteiger partial charge in [-0.3, -0.25) is 0 Å². The van der Waals surface area contributed by atoms with Gasteiger partial charge >= 0.3 is 0 Å². The molecule has 2 heterocycles. The maximum atomic E-state index is 14.2. The van der Waals surface area contributed by atoms with Gasteiger partial charge in [0.25, 0.3) is 0 Å². The van der Waals surface area contributed by atoms with Gasteiger partial charge in [0, 0.05) is 11.9 Å². The van der Waals surface area contributed by atoms with Crippen LogP contribution in [0.2, 0.25) is 10.0 Å². The van der Waals surface area contributed by atoms with Gasteiger partial charge in [-0.25, -0.2) is 27.8 Å². The molecule has 0 fully saturated rings. The van der Waals surface area contributed by atoms with Gasteiger partial charge < -0.3 is 10.6 Å². The van der Waals surface area contributed by atoms with E-state index in [0.717, 1.165) is 12.3 Å². The number of hydrogen-bond acceptors (Lipinski definition) is 8. The molecule has 0 unspecified atom stereocenters. The number of benzene rings is 2. The molecule has 0 amide bonds. The second kappa shape index (κ2) is 7.95. The number of hydrogen-bond donors (Lipinski definition) is 2. The lowest BCUT2D eigenvalue weighted by molar-refractivity contribution is 0.571. The summed E-state index contributed by atoms with van der Waals surface area (Å²) < 4.78 is 37.4. The van der Waals surface area contributed by atoms with Gasteiger partial charge in [0.1, 0.15) is 22.6 Å². The number of rotatable bonds is 5. The van der Waals surface area contributed by atoms with E-state index in [1.165, 1.54) is 29.8 Å². The van der Waals surface area contributed by atoms with Crippen molar-refractivity contribution in [2.75, 3.05) is 16.9 Å². The molecule has 4 aromatic rings. The quantitative estimate of drug-likeness (QED) is 0.390. The summed E-state index contributed by atoms with van der Waals surface area (Å²) >= 11 is 13.6. The Morgan fingerprint density at radius 2 is 1.80 bits per heavy atom. The van der Waals surface area contributed by atoms with Crippen LogP contribution >= 0.6 is 34.5 Å². The highest BCUT2D eigenvalue weighted by Gasteiger charge is 2.16. The number of fused-ring (bicyclic) bond motifs is 1. The van der Waals surface area contributed by atoms with Crippen LogP contribution in [0, 0.1) is 5.82 Å². The van der Waals surface area contributed by atoms with E-state index in [-0.39, 0.29) is 4.90 Å². The fourth-order valence-corrected chi connectivity index (χ4v) is 4.67. The number of sulfone groups is 1. The van der Waals surface area contributed by atoms with Crippen molar-refractivity contribution in [1.29, 1.82) is 0 Å². The highest BCUT2D eigenvalue weighted by molar-refractivity contribution is 7.90. The molecule has 7 nitrogen and oxygen atoms in total. The van der Waals surface area contributed by atoms with Gasteiger partial charge in [-0.1, -0.05) is 40.6 Å². The summed E-state index contributed by atoms with van der Waals surface area (Å²) in [5, 5.41) is 7.38. The lowest BCUT2D eigenvalue weighted by atomic mass is 10.3. The Morgan fingerprint density at radius 1 is 1.07 bits per heavy atom. The van der Waals surface area contributed by atoms with Gasteiger partial charge in [0.05, 0.1) is 15.7 Å². The van der Waals surface area contributed by atoms with Crippen molar-refractivity contribution >= 4 is 77.0 Å². The molecular weight excluding hydrogens is 472 g/mol. The zero-order valence-corrected chi connectivity index (χ0v) is 18.3. The van der Waals surface area contributed by atoms with E-state index in [0.29, 0.717) is 42.7 Å². The molecule has 0 saturated heterocycles. The first-order valence-electron chi connectivity index (χ1n) is 8.31. The molecule has 0 bridgehead atoms. The molecule has 0 atom stereocenters. The monoisotopic (exact) mass is 483 g/mol. The lowest BCUT2D eigenvalue weighted by Crippen LogP contribution is -2.02. The van der Waals surface area contributed by atoms with E-state index < -0.39 is 15.7 Å². The summed E-state index contributed by atoms with van der Waals surface area (Å²) in [5.41, 5.74) is 1.28. The molecule has 0 saturated carbocycles. The SMILES string of the molecule is CS(=O)(=O)c1ccc(Nc2ncnc3sc(Nc4c(Cl)cccc4Cl)nc23)cc1F. The Bertz CT molecular complexity index is 1360. The minimum Gasteiger partial charge on any atom is -0.338 e. The van der Waals surface area contributed by atoms with E-state index in [1.807, 2.05) is 0 Å². The first-order valence-corrected chi connectivity index (χ1v) is 11.8. The second-order valence-corrected chi connectivity index (χ2v) is 9.94. The highest BCUT2D eigenvalue weighted by Crippen LogP contribution is 2.36. The topological polar surface area (TPSA) is 96.9 Å². The van der Waals surface area contributed by atoms with Crippen molar-refractivity contribution in [3.05, 3.63) is 58.6 Å². The third-order valence-electron chi connectivity index (χ3n) is 3.98. The van der Waals surface area contributed by atoms with Crippen molar-refractivity contribution in [3.8, 4) is 0 Å². The van der Waals surface area contributed by atoms with E-state index in [4.69, 9.17) is 23.2 Å². The summed E-state index contributed by atoms with van der Waals surface area (Å²) in [5.74, 6) is -0.525. The molecule has 30 heavy (non-hydrogen) atoms. The second-order valence-electron chi connectivity index (χ2n) is 6.16. The molecule has 2 N–H and O–H groups in total. The summed E-state index contributed by atoms with van der Waals surface area (Å²) in [6.07, 6.45) is 2.29. The Morgan fingerprint density at radius 3 is 2.47 bits per heavy atom. The normalized spacial score (nSPS) is 11.6. The fraction of sp³-hybridized carbons (Fsp3) is 0.0556. The van der Waals surface area contributed by atoms with E-state index in [9.17, 15) is 12.8 Å². The summed E-state index contributed by atoms with van der Waals surface area (Å²) in [6.45, 7) is 0. The Kier molecular flexibility index (Phi) is 5.49. The maximum absolute atomic E-state index is 14.2. The molecule has 154 valence electrons. The third-order valence-corrected chi connectivity index (χ3v) is 6.62. The fourth-order valence-electron chi connectivity index (χ4n) is 2.64. The Labute approximate surface area is 184 Å². The molecule has 2 aromatic carbocycles. The number of thiazole rings is 1. The number of aromatic nitrogens is 3. The predicted molar refractivity (Wildman–Crippen MR) is 118 cm³/mol. The van der Waals surface area contributed by atoms with Crippen molar-refractivity contribution < 1.29 is 12.8 Å². The summed E-state index contributed by atoms with van der Waals surface area (Å²) in [6, 6.07) is 8.85. The predicted octanol–water partition coefficient (Wildman–Crippen LogP) is 5.42. The average molecular weight is 484 g/mol.